The van der Waals surface area contributed by atoms with E-state index in [1.807, 2.05) is 20.8 Å². The molecule has 11 atom stereocenters. The van der Waals surface area contributed by atoms with E-state index < -0.39 is 29.9 Å². The Bertz CT molecular complexity index is 740. The van der Waals surface area contributed by atoms with Crippen molar-refractivity contribution in [3.05, 3.63) is 0 Å². The third-order valence-corrected chi connectivity index (χ3v) is 9.06. The van der Waals surface area contributed by atoms with E-state index in [0.717, 1.165) is 38.8 Å². The SMILES string of the molecule is CCCNC[C@]1(O)[C@H](C)O[C@H](OC2OC(=O)C(C)CC(C)CC(C)CC(C)CNC(C)CC2C)C[C@@]1(C)OC. The van der Waals surface area contributed by atoms with Gasteiger partial charge < -0.3 is 34.7 Å². The van der Waals surface area contributed by atoms with Gasteiger partial charge in [-0.3, -0.25) is 4.79 Å². The van der Waals surface area contributed by atoms with Crippen LogP contribution >= 0.6 is 0 Å². The monoisotopic (exact) mass is 556 g/mol. The second kappa shape index (κ2) is 15.5. The molecular formula is C31H60N2O6. The van der Waals surface area contributed by atoms with Gasteiger partial charge in [0.2, 0.25) is 6.29 Å². The lowest BCUT2D eigenvalue weighted by atomic mass is 9.75. The molecule has 2 heterocycles. The molecule has 2 fully saturated rings. The van der Waals surface area contributed by atoms with Crippen LogP contribution in [0.25, 0.3) is 0 Å². The molecule has 3 N–H and O–H groups in total. The summed E-state index contributed by atoms with van der Waals surface area (Å²) < 4.78 is 24.7. The summed E-state index contributed by atoms with van der Waals surface area (Å²) >= 11 is 0. The molecule has 8 nitrogen and oxygen atoms in total. The number of carbonyl (C=O) groups excluding carboxylic acids is 1. The van der Waals surface area contributed by atoms with E-state index in [4.69, 9.17) is 18.9 Å². The van der Waals surface area contributed by atoms with Crippen molar-refractivity contribution in [2.75, 3.05) is 26.7 Å². The predicted molar refractivity (Wildman–Crippen MR) is 155 cm³/mol. The highest BCUT2D eigenvalue weighted by atomic mass is 16.8. The second-order valence-electron chi connectivity index (χ2n) is 13.3. The standard InChI is InChI=1S/C31H60N2O6/c1-11-12-32-19-31(35)26(8)37-27(17-30(31,9)36-10)38-29-24(6)16-25(7)33-18-22(4)14-20(2)13-21(3)15-23(5)28(34)39-29/h20-27,29,32-33,35H,11-19H2,1-10H3/t20?,21?,22?,23?,24?,25?,26-,27+,29?,30+,31-/m0/s1. The summed E-state index contributed by atoms with van der Waals surface area (Å²) in [5, 5.41) is 18.7. The van der Waals surface area contributed by atoms with Crippen LogP contribution in [0.2, 0.25) is 0 Å². The second-order valence-corrected chi connectivity index (χ2v) is 13.3. The summed E-state index contributed by atoms with van der Waals surface area (Å²) in [5.74, 6) is 1.15. The number of nitrogens with one attached hydrogen (secondary N) is 2. The lowest BCUT2D eigenvalue weighted by Gasteiger charge is -2.53. The van der Waals surface area contributed by atoms with Crippen LogP contribution in [0.5, 0.6) is 0 Å². The van der Waals surface area contributed by atoms with E-state index in [1.54, 1.807) is 7.11 Å². The molecule has 7 unspecified atom stereocenters. The molecule has 0 radical (unpaired) electrons. The van der Waals surface area contributed by atoms with Crippen molar-refractivity contribution in [2.24, 2.45) is 29.6 Å². The maximum Gasteiger partial charge on any atom is 0.310 e. The molecule has 230 valence electrons. The lowest BCUT2D eigenvalue weighted by Crippen LogP contribution is -2.70. The Morgan fingerprint density at radius 2 is 1.67 bits per heavy atom. The zero-order chi connectivity index (χ0) is 29.4. The number of esters is 1. The molecule has 0 amide bonds. The summed E-state index contributed by atoms with van der Waals surface area (Å²) in [6, 6.07) is 0.245. The molecule has 8 heteroatoms. The highest BCUT2D eigenvalue weighted by Crippen LogP contribution is 2.41. The third kappa shape index (κ3) is 9.64. The van der Waals surface area contributed by atoms with E-state index in [0.29, 0.717) is 30.7 Å². The number of cyclic esters (lactones) is 1. The maximum atomic E-state index is 13.3. The van der Waals surface area contributed by atoms with Crippen LogP contribution < -0.4 is 10.6 Å². The molecule has 0 aromatic rings. The number of hydrogen-bond donors (Lipinski definition) is 3. The van der Waals surface area contributed by atoms with Gasteiger partial charge in [0.15, 0.2) is 6.29 Å². The van der Waals surface area contributed by atoms with Gasteiger partial charge in [0.1, 0.15) is 11.2 Å². The van der Waals surface area contributed by atoms with Gasteiger partial charge in [-0.15, -0.1) is 0 Å². The molecule has 0 aliphatic carbocycles. The van der Waals surface area contributed by atoms with E-state index >= 15 is 0 Å². The topological polar surface area (TPSA) is 98.3 Å². The first-order valence-corrected chi connectivity index (χ1v) is 15.5. The minimum absolute atomic E-state index is 0.0554. The Hall–Kier alpha value is -0.770. The van der Waals surface area contributed by atoms with E-state index in [1.165, 1.54) is 6.42 Å². The molecule has 0 aromatic carbocycles. The predicted octanol–water partition coefficient (Wildman–Crippen LogP) is 4.88. The summed E-state index contributed by atoms with van der Waals surface area (Å²) in [7, 11) is 1.62. The fraction of sp³-hybridized carbons (Fsp3) is 0.968. The number of rotatable bonds is 7. The van der Waals surface area contributed by atoms with Crippen molar-refractivity contribution in [1.29, 1.82) is 0 Å². The number of carbonyl (C=O) groups is 1. The summed E-state index contributed by atoms with van der Waals surface area (Å²) in [6.07, 6.45) is 3.16. The zero-order valence-corrected chi connectivity index (χ0v) is 26.5. The first-order chi connectivity index (χ1) is 18.2. The number of hydrogen-bond acceptors (Lipinski definition) is 8. The van der Waals surface area contributed by atoms with Crippen LogP contribution in [-0.4, -0.2) is 73.7 Å². The molecule has 2 aliphatic rings. The van der Waals surface area contributed by atoms with Crippen molar-refractivity contribution in [1.82, 2.24) is 10.6 Å². The van der Waals surface area contributed by atoms with Gasteiger partial charge in [0.25, 0.3) is 0 Å². The Kier molecular flexibility index (Phi) is 13.6. The third-order valence-electron chi connectivity index (χ3n) is 9.06. The van der Waals surface area contributed by atoms with Crippen molar-refractivity contribution < 1.29 is 28.8 Å². The number of methoxy groups -OCH3 is 1. The number of ether oxygens (including phenoxy) is 4. The molecule has 2 aliphatic heterocycles. The highest BCUT2D eigenvalue weighted by molar-refractivity contribution is 5.72. The normalized spacial score (nSPS) is 43.8. The van der Waals surface area contributed by atoms with Crippen LogP contribution in [0, 0.1) is 29.6 Å². The summed E-state index contributed by atoms with van der Waals surface area (Å²) in [5.41, 5.74) is -2.15. The van der Waals surface area contributed by atoms with Gasteiger partial charge in [0, 0.05) is 32.0 Å². The molecule has 0 spiro atoms. The van der Waals surface area contributed by atoms with Gasteiger partial charge in [-0.25, -0.2) is 0 Å². The van der Waals surface area contributed by atoms with Crippen LogP contribution in [0.3, 0.4) is 0 Å². The van der Waals surface area contributed by atoms with Crippen LogP contribution in [0.4, 0.5) is 0 Å². The molecule has 39 heavy (non-hydrogen) atoms. The fourth-order valence-corrected chi connectivity index (χ4v) is 6.60. The van der Waals surface area contributed by atoms with Crippen LogP contribution in [-0.2, 0) is 23.7 Å². The zero-order valence-electron chi connectivity index (χ0n) is 26.5. The Labute approximate surface area is 238 Å². The van der Waals surface area contributed by atoms with Gasteiger partial charge in [-0.2, -0.15) is 0 Å². The average molecular weight is 557 g/mol. The van der Waals surface area contributed by atoms with E-state index in [9.17, 15) is 9.90 Å². The molecule has 2 rings (SSSR count). The minimum Gasteiger partial charge on any atom is -0.435 e. The highest BCUT2D eigenvalue weighted by Gasteiger charge is 2.57. The van der Waals surface area contributed by atoms with Gasteiger partial charge in [0.05, 0.1) is 12.0 Å². The Morgan fingerprint density at radius 1 is 1.03 bits per heavy atom. The van der Waals surface area contributed by atoms with Crippen molar-refractivity contribution in [2.45, 2.75) is 137 Å². The summed E-state index contributed by atoms with van der Waals surface area (Å²) in [6.45, 7) is 21.0. The molecule has 2 saturated heterocycles. The van der Waals surface area contributed by atoms with Crippen molar-refractivity contribution in [3.63, 3.8) is 0 Å². The van der Waals surface area contributed by atoms with Gasteiger partial charge in [-0.1, -0.05) is 41.5 Å². The Balaban J connectivity index is 2.22. The largest absolute Gasteiger partial charge is 0.435 e. The molecule has 0 aromatic heterocycles. The van der Waals surface area contributed by atoms with Gasteiger partial charge in [-0.05, 0) is 83.7 Å². The van der Waals surface area contributed by atoms with Crippen LogP contribution in [0.1, 0.15) is 101 Å². The Morgan fingerprint density at radius 3 is 2.31 bits per heavy atom. The lowest BCUT2D eigenvalue weighted by molar-refractivity contribution is -0.343. The van der Waals surface area contributed by atoms with Crippen LogP contribution in [0.15, 0.2) is 0 Å². The first-order valence-electron chi connectivity index (χ1n) is 15.5. The fourth-order valence-electron chi connectivity index (χ4n) is 6.60. The maximum absolute atomic E-state index is 13.3. The summed E-state index contributed by atoms with van der Waals surface area (Å²) in [4.78, 5) is 13.3. The molecule has 0 saturated carbocycles. The molecular weight excluding hydrogens is 496 g/mol. The number of aliphatic hydroxyl groups is 1. The minimum atomic E-state index is -1.24. The van der Waals surface area contributed by atoms with E-state index in [-0.39, 0.29) is 23.8 Å². The first kappa shape index (κ1) is 34.4. The van der Waals surface area contributed by atoms with E-state index in [2.05, 4.69) is 52.2 Å². The quantitative estimate of drug-likeness (QED) is 0.302. The molecule has 0 bridgehead atoms. The van der Waals surface area contributed by atoms with Gasteiger partial charge >= 0.3 is 5.97 Å². The smallest absolute Gasteiger partial charge is 0.310 e. The van der Waals surface area contributed by atoms with Crippen molar-refractivity contribution >= 4 is 5.97 Å². The average Bonchev–Trinajstić information content (AvgIpc) is 2.85. The van der Waals surface area contributed by atoms with Crippen molar-refractivity contribution in [3.8, 4) is 0 Å².